The third-order valence-corrected chi connectivity index (χ3v) is 2.90. The minimum Gasteiger partial charge on any atom is -0.487 e. The van der Waals surface area contributed by atoms with E-state index >= 15 is 0 Å². The van der Waals surface area contributed by atoms with Gasteiger partial charge >= 0.3 is 0 Å². The quantitative estimate of drug-likeness (QED) is 0.882. The first-order chi connectivity index (χ1) is 9.28. The molecular weight excluding hydrogens is 306 g/mol. The van der Waals surface area contributed by atoms with Crippen LogP contribution in [0.5, 0.6) is 5.75 Å². The number of hydrogen-bond donors (Lipinski definition) is 1. The number of nitrogens with zero attached hydrogens (tertiary/aromatic N) is 2. The van der Waals surface area contributed by atoms with Crippen molar-refractivity contribution in [1.29, 1.82) is 0 Å². The second-order valence-corrected chi connectivity index (χ2v) is 5.02. The molecule has 0 unspecified atom stereocenters. The van der Waals surface area contributed by atoms with Crippen molar-refractivity contribution in [2.24, 2.45) is 0 Å². The molecule has 2 rings (SSSR count). The Hall–Kier alpha value is -1.62. The highest BCUT2D eigenvalue weighted by Crippen LogP contribution is 2.17. The van der Waals surface area contributed by atoms with E-state index in [-0.39, 0.29) is 0 Å². The first kappa shape index (κ1) is 13.8. The maximum Gasteiger partial charge on any atom is 0.139 e. The highest BCUT2D eigenvalue weighted by atomic mass is 79.9. The number of hydrogen-bond acceptors (Lipinski definition) is 4. The monoisotopic (exact) mass is 321 g/mol. The zero-order valence-electron chi connectivity index (χ0n) is 10.8. The topological polar surface area (TPSA) is 47.0 Å². The van der Waals surface area contributed by atoms with Crippen LogP contribution in [0.1, 0.15) is 18.9 Å². The molecule has 2 aromatic rings. The third-order valence-electron chi connectivity index (χ3n) is 2.47. The molecule has 0 spiro atoms. The van der Waals surface area contributed by atoms with E-state index in [9.17, 15) is 0 Å². The van der Waals surface area contributed by atoms with E-state index in [0.29, 0.717) is 6.61 Å². The van der Waals surface area contributed by atoms with Gasteiger partial charge in [0.25, 0.3) is 0 Å². The van der Waals surface area contributed by atoms with Gasteiger partial charge in [-0.3, -0.25) is 4.98 Å². The van der Waals surface area contributed by atoms with Gasteiger partial charge in [0.05, 0.1) is 6.20 Å². The zero-order valence-corrected chi connectivity index (χ0v) is 12.4. The van der Waals surface area contributed by atoms with Gasteiger partial charge in [0.15, 0.2) is 0 Å². The molecule has 0 radical (unpaired) electrons. The van der Waals surface area contributed by atoms with Gasteiger partial charge in [-0.1, -0.05) is 6.92 Å². The van der Waals surface area contributed by atoms with Crippen molar-refractivity contribution in [3.8, 4) is 5.75 Å². The Bertz CT molecular complexity index is 534. The van der Waals surface area contributed by atoms with Crippen molar-refractivity contribution in [2.45, 2.75) is 20.0 Å². The van der Waals surface area contributed by atoms with Crippen LogP contribution in [-0.4, -0.2) is 16.5 Å². The van der Waals surface area contributed by atoms with Crippen LogP contribution in [-0.2, 0) is 6.61 Å². The molecule has 19 heavy (non-hydrogen) atoms. The number of ether oxygens (including phenoxy) is 1. The Morgan fingerprint density at radius 1 is 1.32 bits per heavy atom. The number of anilines is 1. The smallest absolute Gasteiger partial charge is 0.139 e. The van der Waals surface area contributed by atoms with Gasteiger partial charge in [0.2, 0.25) is 0 Å². The third kappa shape index (κ3) is 4.52. The molecule has 2 aromatic heterocycles. The van der Waals surface area contributed by atoms with Crippen LogP contribution in [0, 0.1) is 0 Å². The molecule has 0 saturated carbocycles. The Balaban J connectivity index is 1.95. The molecule has 0 aliphatic heterocycles. The Kier molecular flexibility index (Phi) is 5.15. The van der Waals surface area contributed by atoms with Crippen LogP contribution in [0.15, 0.2) is 41.3 Å². The Labute approximate surface area is 121 Å². The number of halogens is 1. The SMILES string of the molecule is CCCNc1cc(COc2cncc(Br)c2)ccn1. The number of aromatic nitrogens is 2. The summed E-state index contributed by atoms with van der Waals surface area (Å²) in [4.78, 5) is 8.32. The summed E-state index contributed by atoms with van der Waals surface area (Å²) in [7, 11) is 0. The first-order valence-electron chi connectivity index (χ1n) is 6.20. The van der Waals surface area contributed by atoms with Crippen molar-refractivity contribution in [3.05, 3.63) is 46.8 Å². The molecule has 100 valence electrons. The van der Waals surface area contributed by atoms with Crippen molar-refractivity contribution < 1.29 is 4.74 Å². The summed E-state index contributed by atoms with van der Waals surface area (Å²) >= 11 is 3.37. The van der Waals surface area contributed by atoms with Crippen LogP contribution < -0.4 is 10.1 Å². The van der Waals surface area contributed by atoms with Crippen LogP contribution in [0.2, 0.25) is 0 Å². The molecule has 0 saturated heterocycles. The average Bonchev–Trinajstić information content (AvgIpc) is 2.43. The second-order valence-electron chi connectivity index (χ2n) is 4.10. The fourth-order valence-corrected chi connectivity index (χ4v) is 1.90. The fourth-order valence-electron chi connectivity index (χ4n) is 1.55. The second kappa shape index (κ2) is 7.09. The number of pyridine rings is 2. The van der Waals surface area contributed by atoms with E-state index in [2.05, 4.69) is 38.1 Å². The number of nitrogens with one attached hydrogen (secondary N) is 1. The molecule has 2 heterocycles. The lowest BCUT2D eigenvalue weighted by atomic mass is 10.3. The van der Waals surface area contributed by atoms with Gasteiger partial charge in [0.1, 0.15) is 18.2 Å². The summed E-state index contributed by atoms with van der Waals surface area (Å²) < 4.78 is 6.59. The lowest BCUT2D eigenvalue weighted by Gasteiger charge is -2.08. The van der Waals surface area contributed by atoms with E-state index in [1.165, 1.54) is 0 Å². The van der Waals surface area contributed by atoms with Crippen LogP contribution in [0.3, 0.4) is 0 Å². The average molecular weight is 322 g/mol. The minimum atomic E-state index is 0.501. The molecule has 4 nitrogen and oxygen atoms in total. The summed E-state index contributed by atoms with van der Waals surface area (Å²) in [5.74, 6) is 1.63. The molecular formula is C14H16BrN3O. The van der Waals surface area contributed by atoms with Crippen molar-refractivity contribution >= 4 is 21.7 Å². The molecule has 5 heteroatoms. The fraction of sp³-hybridized carbons (Fsp3) is 0.286. The molecule has 0 aliphatic rings. The molecule has 0 atom stereocenters. The highest BCUT2D eigenvalue weighted by Gasteiger charge is 2.00. The van der Waals surface area contributed by atoms with Gasteiger partial charge in [-0.25, -0.2) is 4.98 Å². The van der Waals surface area contributed by atoms with Gasteiger partial charge in [-0.05, 0) is 46.1 Å². The van der Waals surface area contributed by atoms with Crippen molar-refractivity contribution in [1.82, 2.24) is 9.97 Å². The Morgan fingerprint density at radius 2 is 2.21 bits per heavy atom. The minimum absolute atomic E-state index is 0.501. The van der Waals surface area contributed by atoms with E-state index in [4.69, 9.17) is 4.74 Å². The van der Waals surface area contributed by atoms with E-state index in [0.717, 1.165) is 34.6 Å². The van der Waals surface area contributed by atoms with Crippen LogP contribution in [0.25, 0.3) is 0 Å². The molecule has 0 aromatic carbocycles. The number of rotatable bonds is 6. The summed E-state index contributed by atoms with van der Waals surface area (Å²) in [6, 6.07) is 5.84. The van der Waals surface area contributed by atoms with Crippen molar-refractivity contribution in [3.63, 3.8) is 0 Å². The maximum atomic E-state index is 5.68. The standard InChI is InChI=1S/C14H16BrN3O/c1-2-4-17-14-6-11(3-5-18-14)10-19-13-7-12(15)8-16-9-13/h3,5-9H,2,4,10H2,1H3,(H,17,18). The first-order valence-corrected chi connectivity index (χ1v) is 6.99. The zero-order chi connectivity index (χ0) is 13.5. The molecule has 0 aliphatic carbocycles. The predicted octanol–water partition coefficient (Wildman–Crippen LogP) is 3.64. The summed E-state index contributed by atoms with van der Waals surface area (Å²) in [5.41, 5.74) is 1.08. The van der Waals surface area contributed by atoms with Crippen molar-refractivity contribution in [2.75, 3.05) is 11.9 Å². The lowest BCUT2D eigenvalue weighted by molar-refractivity contribution is 0.304. The molecule has 1 N–H and O–H groups in total. The molecule has 0 amide bonds. The van der Waals surface area contributed by atoms with Gasteiger partial charge in [-0.2, -0.15) is 0 Å². The summed E-state index contributed by atoms with van der Waals surface area (Å²) in [6.45, 7) is 3.55. The summed E-state index contributed by atoms with van der Waals surface area (Å²) in [5, 5.41) is 3.26. The summed E-state index contributed by atoms with van der Waals surface area (Å²) in [6.07, 6.45) is 6.29. The predicted molar refractivity (Wildman–Crippen MR) is 79.3 cm³/mol. The highest BCUT2D eigenvalue weighted by molar-refractivity contribution is 9.10. The maximum absolute atomic E-state index is 5.68. The molecule has 0 bridgehead atoms. The Morgan fingerprint density at radius 3 is 3.00 bits per heavy atom. The van der Waals surface area contributed by atoms with Gasteiger partial charge in [0, 0.05) is 23.4 Å². The van der Waals surface area contributed by atoms with E-state index < -0.39 is 0 Å². The van der Waals surface area contributed by atoms with Crippen LogP contribution >= 0.6 is 15.9 Å². The molecule has 0 fully saturated rings. The normalized spacial score (nSPS) is 10.2. The largest absolute Gasteiger partial charge is 0.487 e. The lowest BCUT2D eigenvalue weighted by Crippen LogP contribution is -2.03. The van der Waals surface area contributed by atoms with Gasteiger partial charge in [-0.15, -0.1) is 0 Å². The van der Waals surface area contributed by atoms with E-state index in [1.807, 2.05) is 18.2 Å². The van der Waals surface area contributed by atoms with Crippen LogP contribution in [0.4, 0.5) is 5.82 Å². The van der Waals surface area contributed by atoms with Gasteiger partial charge < -0.3 is 10.1 Å². The van der Waals surface area contributed by atoms with E-state index in [1.54, 1.807) is 18.6 Å².